The number of esters is 1. The Balaban J connectivity index is 1.96. The van der Waals surface area contributed by atoms with Crippen molar-refractivity contribution >= 4 is 29.2 Å². The Morgan fingerprint density at radius 3 is 2.41 bits per heavy atom. The molecule has 2 aromatic carbocycles. The highest BCUT2D eigenvalue weighted by Crippen LogP contribution is 2.21. The molecule has 0 saturated heterocycles. The lowest BCUT2D eigenvalue weighted by atomic mass is 10.2. The fourth-order valence-corrected chi connectivity index (χ4v) is 2.20. The molecule has 0 unspecified atom stereocenters. The number of alkyl halides is 2. The number of carbonyl (C=O) groups excluding carboxylic acids is 2. The molecule has 140 valence electrons. The Labute approximate surface area is 158 Å². The summed E-state index contributed by atoms with van der Waals surface area (Å²) >= 11 is 5.88. The molecule has 0 aliphatic carbocycles. The third-order valence-corrected chi connectivity index (χ3v) is 3.64. The van der Waals surface area contributed by atoms with Crippen LogP contribution < -0.4 is 10.1 Å². The molecule has 0 aliphatic heterocycles. The number of amides is 1. The Kier molecular flexibility index (Phi) is 6.68. The number of anilines is 1. The highest BCUT2D eigenvalue weighted by atomic mass is 35.5. The largest absolute Gasteiger partial charge is 0.449 e. The summed E-state index contributed by atoms with van der Waals surface area (Å²) in [4.78, 5) is 24.2. The lowest BCUT2D eigenvalue weighted by Gasteiger charge is -2.14. The van der Waals surface area contributed by atoms with Crippen LogP contribution in [0.5, 0.6) is 5.75 Å². The fourth-order valence-electron chi connectivity index (χ4n) is 1.98. The predicted molar refractivity (Wildman–Crippen MR) is 92.7 cm³/mol. The molecule has 9 heteroatoms. The molecule has 1 N–H and O–H groups in total. The van der Waals surface area contributed by atoms with E-state index in [9.17, 15) is 18.4 Å². The van der Waals surface area contributed by atoms with Crippen LogP contribution in [0.1, 0.15) is 22.8 Å². The average molecular weight is 395 g/mol. The van der Waals surface area contributed by atoms with Crippen LogP contribution in [0, 0.1) is 11.3 Å². The summed E-state index contributed by atoms with van der Waals surface area (Å²) in [5.74, 6) is -1.52. The van der Waals surface area contributed by atoms with E-state index >= 15 is 0 Å². The van der Waals surface area contributed by atoms with E-state index in [-0.39, 0.29) is 21.9 Å². The van der Waals surface area contributed by atoms with Gasteiger partial charge in [-0.3, -0.25) is 4.79 Å². The lowest BCUT2D eigenvalue weighted by molar-refractivity contribution is -0.123. The lowest BCUT2D eigenvalue weighted by Crippen LogP contribution is -2.30. The van der Waals surface area contributed by atoms with Crippen molar-refractivity contribution in [3.05, 3.63) is 58.6 Å². The van der Waals surface area contributed by atoms with Gasteiger partial charge in [-0.2, -0.15) is 14.0 Å². The topological polar surface area (TPSA) is 88.4 Å². The number of ether oxygens (including phenoxy) is 2. The first-order chi connectivity index (χ1) is 12.8. The number of nitrogens with one attached hydrogen (secondary N) is 1. The number of benzene rings is 2. The number of nitriles is 1. The van der Waals surface area contributed by atoms with Crippen molar-refractivity contribution in [2.75, 3.05) is 5.32 Å². The fraction of sp³-hybridized carbons (Fsp3) is 0.167. The molecule has 0 aromatic heterocycles. The molecule has 1 atom stereocenters. The van der Waals surface area contributed by atoms with Gasteiger partial charge >= 0.3 is 12.6 Å². The third kappa shape index (κ3) is 5.66. The van der Waals surface area contributed by atoms with Crippen molar-refractivity contribution in [2.24, 2.45) is 0 Å². The van der Waals surface area contributed by atoms with Crippen molar-refractivity contribution in [2.45, 2.75) is 19.6 Å². The van der Waals surface area contributed by atoms with Crippen molar-refractivity contribution in [1.29, 1.82) is 5.26 Å². The summed E-state index contributed by atoms with van der Waals surface area (Å²) in [6.45, 7) is -1.60. The van der Waals surface area contributed by atoms with Gasteiger partial charge in [0.15, 0.2) is 6.10 Å². The number of hydrogen-bond donors (Lipinski definition) is 1. The van der Waals surface area contributed by atoms with Gasteiger partial charge in [-0.05, 0) is 49.4 Å². The maximum absolute atomic E-state index is 12.1. The molecule has 0 spiro atoms. The monoisotopic (exact) mass is 394 g/mol. The van der Waals surface area contributed by atoms with Gasteiger partial charge in [0.1, 0.15) is 11.8 Å². The second kappa shape index (κ2) is 8.96. The Hall–Kier alpha value is -3.18. The molecule has 0 radical (unpaired) electrons. The molecule has 1 amide bonds. The maximum atomic E-state index is 12.1. The van der Waals surface area contributed by atoms with Crippen LogP contribution >= 0.6 is 11.6 Å². The van der Waals surface area contributed by atoms with Crippen LogP contribution in [0.15, 0.2) is 42.5 Å². The summed E-state index contributed by atoms with van der Waals surface area (Å²) in [6.07, 6.45) is -1.14. The van der Waals surface area contributed by atoms with Gasteiger partial charge in [-0.1, -0.05) is 11.6 Å². The highest BCUT2D eigenvalue weighted by Gasteiger charge is 2.19. The first-order valence-corrected chi connectivity index (χ1v) is 7.94. The molecular weight excluding hydrogens is 382 g/mol. The van der Waals surface area contributed by atoms with Crippen LogP contribution in [-0.2, 0) is 9.53 Å². The van der Waals surface area contributed by atoms with E-state index in [1.54, 1.807) is 0 Å². The molecule has 2 aromatic rings. The van der Waals surface area contributed by atoms with Crippen molar-refractivity contribution in [3.8, 4) is 11.8 Å². The zero-order chi connectivity index (χ0) is 20.0. The second-order valence-electron chi connectivity index (χ2n) is 5.25. The van der Waals surface area contributed by atoms with E-state index in [0.29, 0.717) is 5.69 Å². The van der Waals surface area contributed by atoms with E-state index in [1.807, 2.05) is 6.07 Å². The number of nitrogens with zero attached hydrogens (tertiary/aromatic N) is 1. The van der Waals surface area contributed by atoms with Crippen LogP contribution in [0.4, 0.5) is 14.5 Å². The molecule has 0 fully saturated rings. The summed E-state index contributed by atoms with van der Waals surface area (Å²) in [5, 5.41) is 11.5. The normalized spacial score (nSPS) is 11.4. The number of carbonyl (C=O) groups is 2. The molecule has 0 bridgehead atoms. The summed E-state index contributed by atoms with van der Waals surface area (Å²) < 4.78 is 33.4. The molecule has 0 aliphatic rings. The van der Waals surface area contributed by atoms with Crippen LogP contribution in [-0.4, -0.2) is 24.6 Å². The van der Waals surface area contributed by atoms with Crippen LogP contribution in [0.25, 0.3) is 0 Å². The van der Waals surface area contributed by atoms with E-state index in [4.69, 9.17) is 21.6 Å². The second-order valence-corrected chi connectivity index (χ2v) is 5.65. The van der Waals surface area contributed by atoms with Crippen LogP contribution in [0.2, 0.25) is 5.02 Å². The van der Waals surface area contributed by atoms with E-state index in [0.717, 1.165) is 0 Å². The molecule has 0 saturated carbocycles. The first kappa shape index (κ1) is 20.1. The van der Waals surface area contributed by atoms with Gasteiger partial charge in [-0.25, -0.2) is 4.79 Å². The summed E-state index contributed by atoms with van der Waals surface area (Å²) in [6, 6.07) is 11.1. The van der Waals surface area contributed by atoms with Crippen molar-refractivity contribution < 1.29 is 27.8 Å². The zero-order valence-corrected chi connectivity index (χ0v) is 14.7. The standard InChI is InChI=1S/C18H13ClF2N2O4/c1-10(16(24)23-13-5-2-12(9-22)15(19)8-13)26-17(25)11-3-6-14(7-4-11)27-18(20)21/h2-8,10,18H,1H3,(H,23,24)/t10-/m0/s1. The Morgan fingerprint density at radius 1 is 1.19 bits per heavy atom. The van der Waals surface area contributed by atoms with Gasteiger partial charge in [0.25, 0.3) is 5.91 Å². The minimum Gasteiger partial charge on any atom is -0.449 e. The number of rotatable bonds is 6. The smallest absolute Gasteiger partial charge is 0.387 e. The quantitative estimate of drug-likeness (QED) is 0.748. The molecule has 0 heterocycles. The van der Waals surface area contributed by atoms with Gasteiger partial charge < -0.3 is 14.8 Å². The number of hydrogen-bond acceptors (Lipinski definition) is 5. The van der Waals surface area contributed by atoms with Gasteiger partial charge in [0, 0.05) is 5.69 Å². The first-order valence-electron chi connectivity index (χ1n) is 7.56. The average Bonchev–Trinajstić information content (AvgIpc) is 2.61. The minimum atomic E-state index is -2.97. The molecule has 6 nitrogen and oxygen atoms in total. The van der Waals surface area contributed by atoms with Crippen LogP contribution in [0.3, 0.4) is 0 Å². The summed E-state index contributed by atoms with van der Waals surface area (Å²) in [7, 11) is 0. The van der Waals surface area contributed by atoms with Crippen molar-refractivity contribution in [3.63, 3.8) is 0 Å². The van der Waals surface area contributed by atoms with E-state index < -0.39 is 24.6 Å². The van der Waals surface area contributed by atoms with E-state index in [1.165, 1.54) is 49.4 Å². The molecular formula is C18H13ClF2N2O4. The molecule has 27 heavy (non-hydrogen) atoms. The van der Waals surface area contributed by atoms with Crippen molar-refractivity contribution in [1.82, 2.24) is 0 Å². The van der Waals surface area contributed by atoms with Gasteiger partial charge in [0.05, 0.1) is 16.1 Å². The SMILES string of the molecule is C[C@H](OC(=O)c1ccc(OC(F)F)cc1)C(=O)Nc1ccc(C#N)c(Cl)c1. The predicted octanol–water partition coefficient (Wildman–Crippen LogP) is 4.00. The Bertz CT molecular complexity index is 882. The zero-order valence-electron chi connectivity index (χ0n) is 13.9. The Morgan fingerprint density at radius 2 is 1.85 bits per heavy atom. The summed E-state index contributed by atoms with van der Waals surface area (Å²) in [5.41, 5.74) is 0.659. The highest BCUT2D eigenvalue weighted by molar-refractivity contribution is 6.32. The minimum absolute atomic E-state index is 0.0673. The third-order valence-electron chi connectivity index (χ3n) is 3.33. The van der Waals surface area contributed by atoms with Gasteiger partial charge in [-0.15, -0.1) is 0 Å². The van der Waals surface area contributed by atoms with Gasteiger partial charge in [0.2, 0.25) is 0 Å². The van der Waals surface area contributed by atoms with E-state index in [2.05, 4.69) is 10.1 Å². The maximum Gasteiger partial charge on any atom is 0.387 e. The number of halogens is 3. The molecule has 2 rings (SSSR count).